The molecule has 1 rings (SSSR count). The van der Waals surface area contributed by atoms with Gasteiger partial charge in [0.15, 0.2) is 5.96 Å². The molecule has 0 radical (unpaired) electrons. The number of nitro groups is 1. The van der Waals surface area contributed by atoms with Gasteiger partial charge in [-0.15, -0.1) is 24.0 Å². The summed E-state index contributed by atoms with van der Waals surface area (Å²) in [5.74, 6) is 0.321. The van der Waals surface area contributed by atoms with Crippen molar-refractivity contribution in [2.24, 2.45) is 10.7 Å². The summed E-state index contributed by atoms with van der Waals surface area (Å²) >= 11 is 0. The van der Waals surface area contributed by atoms with Crippen LogP contribution in [0, 0.1) is 10.1 Å². The van der Waals surface area contributed by atoms with Gasteiger partial charge in [-0.2, -0.15) is 0 Å². The van der Waals surface area contributed by atoms with Crippen LogP contribution in [-0.2, 0) is 6.54 Å². The number of unbranched alkanes of at least 4 members (excludes halogenated alkanes) is 1. The molecule has 19 heavy (non-hydrogen) atoms. The molecule has 0 saturated heterocycles. The van der Waals surface area contributed by atoms with Crippen molar-refractivity contribution in [2.45, 2.75) is 26.3 Å². The van der Waals surface area contributed by atoms with Crippen molar-refractivity contribution in [2.75, 3.05) is 6.54 Å². The summed E-state index contributed by atoms with van der Waals surface area (Å²) < 4.78 is 0. The number of nitrogens with zero attached hydrogens (tertiary/aromatic N) is 2. The Hall–Kier alpha value is -1.38. The van der Waals surface area contributed by atoms with Crippen molar-refractivity contribution in [1.82, 2.24) is 5.32 Å². The fourth-order valence-electron chi connectivity index (χ4n) is 1.44. The van der Waals surface area contributed by atoms with Gasteiger partial charge < -0.3 is 11.1 Å². The molecule has 0 bridgehead atoms. The summed E-state index contributed by atoms with van der Waals surface area (Å²) in [4.78, 5) is 14.5. The van der Waals surface area contributed by atoms with Crippen LogP contribution in [0.3, 0.4) is 0 Å². The number of nitrogens with two attached hydrogens (primary N) is 1. The quantitative estimate of drug-likeness (QED) is 0.199. The van der Waals surface area contributed by atoms with Gasteiger partial charge in [-0.25, -0.2) is 4.99 Å². The number of para-hydroxylation sites is 1. The predicted molar refractivity (Wildman–Crippen MR) is 86.7 cm³/mol. The number of hydrogen-bond acceptors (Lipinski definition) is 3. The van der Waals surface area contributed by atoms with E-state index in [2.05, 4.69) is 17.2 Å². The number of guanidine groups is 1. The monoisotopic (exact) mass is 378 g/mol. The average molecular weight is 378 g/mol. The maximum Gasteiger partial charge on any atom is 0.274 e. The average Bonchev–Trinajstić information content (AvgIpc) is 2.37. The van der Waals surface area contributed by atoms with Crippen LogP contribution in [0.4, 0.5) is 5.69 Å². The molecular weight excluding hydrogens is 359 g/mol. The van der Waals surface area contributed by atoms with Gasteiger partial charge in [-0.05, 0) is 6.42 Å². The molecule has 0 fully saturated rings. The SMILES string of the molecule is CCCCNC(N)=NCc1ccccc1[N+](=O)[O-].I. The zero-order chi connectivity index (χ0) is 13.4. The third kappa shape index (κ3) is 6.37. The molecule has 6 nitrogen and oxygen atoms in total. The normalized spacial score (nSPS) is 10.7. The number of hydrogen-bond donors (Lipinski definition) is 2. The Bertz CT molecular complexity index is 437. The van der Waals surface area contributed by atoms with Gasteiger partial charge in [-0.1, -0.05) is 31.5 Å². The maximum atomic E-state index is 10.8. The maximum absolute atomic E-state index is 10.8. The van der Waals surface area contributed by atoms with E-state index in [4.69, 9.17) is 5.73 Å². The van der Waals surface area contributed by atoms with Crippen molar-refractivity contribution >= 4 is 35.6 Å². The van der Waals surface area contributed by atoms with Crippen LogP contribution in [-0.4, -0.2) is 17.4 Å². The minimum Gasteiger partial charge on any atom is -0.370 e. The minimum absolute atomic E-state index is 0. The lowest BCUT2D eigenvalue weighted by Crippen LogP contribution is -2.32. The van der Waals surface area contributed by atoms with E-state index in [9.17, 15) is 10.1 Å². The first kappa shape index (κ1) is 17.6. The van der Waals surface area contributed by atoms with E-state index in [-0.39, 0.29) is 36.2 Å². The van der Waals surface area contributed by atoms with Gasteiger partial charge >= 0.3 is 0 Å². The number of aliphatic imine (C=N–C) groups is 1. The second-order valence-electron chi connectivity index (χ2n) is 3.87. The molecule has 7 heteroatoms. The zero-order valence-corrected chi connectivity index (χ0v) is 13.2. The molecule has 0 spiro atoms. The Morgan fingerprint density at radius 3 is 2.79 bits per heavy atom. The van der Waals surface area contributed by atoms with E-state index in [1.807, 2.05) is 0 Å². The molecule has 1 aromatic rings. The molecule has 0 aliphatic carbocycles. The Balaban J connectivity index is 0.00000324. The van der Waals surface area contributed by atoms with Crippen LogP contribution in [0.2, 0.25) is 0 Å². The second kappa shape index (κ2) is 9.54. The highest BCUT2D eigenvalue weighted by Gasteiger charge is 2.11. The summed E-state index contributed by atoms with van der Waals surface area (Å²) in [6.07, 6.45) is 2.09. The van der Waals surface area contributed by atoms with E-state index in [1.54, 1.807) is 18.2 Å². The van der Waals surface area contributed by atoms with Crippen molar-refractivity contribution in [3.05, 3.63) is 39.9 Å². The van der Waals surface area contributed by atoms with Gasteiger partial charge in [0, 0.05) is 12.6 Å². The van der Waals surface area contributed by atoms with E-state index in [0.717, 1.165) is 19.4 Å². The highest BCUT2D eigenvalue weighted by Crippen LogP contribution is 2.18. The Morgan fingerprint density at radius 2 is 2.16 bits per heavy atom. The molecule has 0 aliphatic heterocycles. The summed E-state index contributed by atoms with van der Waals surface area (Å²) in [7, 11) is 0. The van der Waals surface area contributed by atoms with Gasteiger partial charge in [0.2, 0.25) is 0 Å². The van der Waals surface area contributed by atoms with E-state index in [0.29, 0.717) is 11.5 Å². The molecule has 3 N–H and O–H groups in total. The molecule has 0 aliphatic rings. The summed E-state index contributed by atoms with van der Waals surface area (Å²) in [6.45, 7) is 3.06. The molecule has 106 valence electrons. The lowest BCUT2D eigenvalue weighted by atomic mass is 10.2. The highest BCUT2D eigenvalue weighted by atomic mass is 127. The molecule has 0 amide bonds. The zero-order valence-electron chi connectivity index (χ0n) is 10.8. The number of nitrogens with one attached hydrogen (secondary N) is 1. The smallest absolute Gasteiger partial charge is 0.274 e. The molecular formula is C12H19IN4O2. The number of halogens is 1. The molecule has 0 heterocycles. The Morgan fingerprint density at radius 1 is 1.47 bits per heavy atom. The number of nitro benzene ring substituents is 1. The van der Waals surface area contributed by atoms with Gasteiger partial charge in [0.25, 0.3) is 5.69 Å². The van der Waals surface area contributed by atoms with Crippen molar-refractivity contribution in [3.8, 4) is 0 Å². The fraction of sp³-hybridized carbons (Fsp3) is 0.417. The third-order valence-corrected chi connectivity index (χ3v) is 2.44. The Labute approximate surface area is 129 Å². The first-order valence-corrected chi connectivity index (χ1v) is 5.91. The lowest BCUT2D eigenvalue weighted by Gasteiger charge is -2.04. The van der Waals surface area contributed by atoms with E-state index < -0.39 is 4.92 Å². The fourth-order valence-corrected chi connectivity index (χ4v) is 1.44. The topological polar surface area (TPSA) is 93.5 Å². The van der Waals surface area contributed by atoms with Crippen LogP contribution < -0.4 is 11.1 Å². The van der Waals surface area contributed by atoms with Crippen LogP contribution in [0.25, 0.3) is 0 Å². The summed E-state index contributed by atoms with van der Waals surface area (Å²) in [5, 5.41) is 13.7. The number of rotatable bonds is 6. The first-order chi connectivity index (χ1) is 8.65. The minimum atomic E-state index is -0.411. The standard InChI is InChI=1S/C12H18N4O2.HI/c1-2-3-8-14-12(13)15-9-10-6-4-5-7-11(10)16(17)18;/h4-7H,2-3,8-9H2,1H3,(H3,13,14,15);1H. The second-order valence-corrected chi connectivity index (χ2v) is 3.87. The van der Waals surface area contributed by atoms with Gasteiger partial charge in [-0.3, -0.25) is 10.1 Å². The van der Waals surface area contributed by atoms with Crippen LogP contribution in [0.1, 0.15) is 25.3 Å². The molecule has 0 atom stereocenters. The third-order valence-electron chi connectivity index (χ3n) is 2.44. The van der Waals surface area contributed by atoms with Gasteiger partial charge in [0.1, 0.15) is 0 Å². The highest BCUT2D eigenvalue weighted by molar-refractivity contribution is 14.0. The number of benzene rings is 1. The largest absolute Gasteiger partial charge is 0.370 e. The van der Waals surface area contributed by atoms with Crippen LogP contribution in [0.15, 0.2) is 29.3 Å². The van der Waals surface area contributed by atoms with Gasteiger partial charge in [0.05, 0.1) is 17.0 Å². The Kier molecular flexibility index (Phi) is 8.84. The summed E-state index contributed by atoms with van der Waals surface area (Å²) in [5.41, 5.74) is 6.29. The van der Waals surface area contributed by atoms with Crippen LogP contribution in [0.5, 0.6) is 0 Å². The molecule has 0 saturated carbocycles. The van der Waals surface area contributed by atoms with Crippen molar-refractivity contribution in [1.29, 1.82) is 0 Å². The van der Waals surface area contributed by atoms with E-state index >= 15 is 0 Å². The molecule has 0 unspecified atom stereocenters. The summed E-state index contributed by atoms with van der Waals surface area (Å²) in [6, 6.07) is 6.53. The van der Waals surface area contributed by atoms with Crippen LogP contribution >= 0.6 is 24.0 Å². The first-order valence-electron chi connectivity index (χ1n) is 5.91. The lowest BCUT2D eigenvalue weighted by molar-refractivity contribution is -0.385. The van der Waals surface area contributed by atoms with Crippen molar-refractivity contribution in [3.63, 3.8) is 0 Å². The predicted octanol–water partition coefficient (Wildman–Crippen LogP) is 2.42. The van der Waals surface area contributed by atoms with Crippen molar-refractivity contribution < 1.29 is 4.92 Å². The van der Waals surface area contributed by atoms with E-state index in [1.165, 1.54) is 6.07 Å². The molecule has 1 aromatic carbocycles. The molecule has 0 aromatic heterocycles.